The minimum absolute atomic E-state index is 1.22. The molecule has 2 heterocycles. The summed E-state index contributed by atoms with van der Waals surface area (Å²) in [6, 6.07) is 80.6. The average Bonchev–Trinajstić information content (AvgIpc) is 3.90. The maximum Gasteiger partial charge on any atom is 0.0446 e. The van der Waals surface area contributed by atoms with Crippen molar-refractivity contribution in [1.29, 1.82) is 0 Å². The summed E-state index contributed by atoms with van der Waals surface area (Å²) in [4.78, 5) is 2.60. The number of thiophene rings is 2. The molecule has 0 bridgehead atoms. The van der Waals surface area contributed by atoms with Crippen LogP contribution in [-0.4, -0.2) is 0 Å². The van der Waals surface area contributed by atoms with Crippen molar-refractivity contribution in [2.75, 3.05) is 0 Å². The van der Waals surface area contributed by atoms with Crippen LogP contribution in [0, 0.1) is 0 Å². The minimum atomic E-state index is 1.22. The van der Waals surface area contributed by atoms with E-state index in [1.165, 1.54) is 118 Å². The van der Waals surface area contributed by atoms with Gasteiger partial charge in [-0.1, -0.05) is 182 Å². The van der Waals surface area contributed by atoms with Crippen LogP contribution in [-0.2, 0) is 0 Å². The van der Waals surface area contributed by atoms with Gasteiger partial charge in [0.25, 0.3) is 0 Å². The first-order valence-corrected chi connectivity index (χ1v) is 22.1. The lowest BCUT2D eigenvalue weighted by atomic mass is 9.85. The molecule has 0 nitrogen and oxygen atoms in total. The van der Waals surface area contributed by atoms with Gasteiger partial charge in [0.2, 0.25) is 0 Å². The summed E-state index contributed by atoms with van der Waals surface area (Å²) in [5.41, 5.74) is 12.5. The van der Waals surface area contributed by atoms with E-state index in [1.54, 1.807) is 0 Å². The molecule has 0 unspecified atom stereocenters. The van der Waals surface area contributed by atoms with Crippen LogP contribution in [0.1, 0.15) is 0 Å². The largest absolute Gasteiger partial charge is 0.134 e. The number of hydrogen-bond acceptors (Lipinski definition) is 2. The van der Waals surface area contributed by atoms with Crippen LogP contribution in [0.2, 0.25) is 0 Å². The van der Waals surface area contributed by atoms with Crippen LogP contribution in [0.15, 0.2) is 218 Å². The average molecular weight is 797 g/mol. The van der Waals surface area contributed by atoms with Crippen LogP contribution >= 0.6 is 22.7 Å². The monoisotopic (exact) mass is 796 g/mol. The number of benzene rings is 10. The normalized spacial score (nSPS) is 11.7. The first-order valence-electron chi connectivity index (χ1n) is 20.5. The Kier molecular flexibility index (Phi) is 8.33. The lowest BCUT2D eigenvalue weighted by Gasteiger charge is -2.19. The Morgan fingerprint density at radius 2 is 0.567 bits per heavy atom. The maximum absolute atomic E-state index is 2.47. The molecule has 10 aromatic carbocycles. The molecule has 12 rings (SSSR count). The van der Waals surface area contributed by atoms with Crippen LogP contribution in [0.4, 0.5) is 0 Å². The van der Waals surface area contributed by atoms with Gasteiger partial charge in [-0.05, 0) is 102 Å². The van der Waals surface area contributed by atoms with Gasteiger partial charge >= 0.3 is 0 Å². The van der Waals surface area contributed by atoms with Gasteiger partial charge in [-0.25, -0.2) is 0 Å². The standard InChI is InChI=1S/C58H36S2/c1-3-17-37(18-4-1)39-23-15-25-43(33-39)53-47-29-11-13-31-51(47)59-57(53)55-45-27-9-10-28-46(45)56(50-36-42-22-8-7-21-41(42)35-49(50)55)58-54(48-30-12-14-32-52(48)60-58)44-26-16-24-40(34-44)38-19-5-2-6-20-38/h1-36H. The third-order valence-corrected chi connectivity index (χ3v) is 14.4. The molecule has 0 aliphatic rings. The summed E-state index contributed by atoms with van der Waals surface area (Å²) in [6.45, 7) is 0. The smallest absolute Gasteiger partial charge is 0.0446 e. The number of fused-ring (bicyclic) bond motifs is 5. The molecule has 0 saturated carbocycles. The van der Waals surface area contributed by atoms with Crippen molar-refractivity contribution in [3.63, 3.8) is 0 Å². The molecule has 0 atom stereocenters. The highest BCUT2D eigenvalue weighted by Gasteiger charge is 2.26. The fourth-order valence-electron chi connectivity index (χ4n) is 9.34. The molecule has 280 valence electrons. The lowest BCUT2D eigenvalue weighted by molar-refractivity contribution is 1.61. The molecule has 0 amide bonds. The molecule has 2 aromatic heterocycles. The second-order valence-electron chi connectivity index (χ2n) is 15.5. The van der Waals surface area contributed by atoms with Crippen molar-refractivity contribution in [3.05, 3.63) is 218 Å². The minimum Gasteiger partial charge on any atom is -0.134 e. The van der Waals surface area contributed by atoms with E-state index in [0.717, 1.165) is 0 Å². The highest BCUT2D eigenvalue weighted by molar-refractivity contribution is 7.23. The predicted molar refractivity (Wildman–Crippen MR) is 262 cm³/mol. The molecule has 0 fully saturated rings. The summed E-state index contributed by atoms with van der Waals surface area (Å²) in [6.07, 6.45) is 0. The highest BCUT2D eigenvalue weighted by Crippen LogP contribution is 2.55. The molecule has 12 aromatic rings. The van der Waals surface area contributed by atoms with Crippen LogP contribution in [0.25, 0.3) is 118 Å². The Bertz CT molecular complexity index is 3350. The molecule has 0 N–H and O–H groups in total. The summed E-state index contributed by atoms with van der Waals surface area (Å²) in [5, 5.41) is 10.1. The van der Waals surface area contributed by atoms with Gasteiger partial charge in [-0.2, -0.15) is 0 Å². The predicted octanol–water partition coefficient (Wildman–Crippen LogP) is 17.6. The van der Waals surface area contributed by atoms with Gasteiger partial charge in [0.15, 0.2) is 0 Å². The third-order valence-electron chi connectivity index (χ3n) is 12.1. The molecular weight excluding hydrogens is 761 g/mol. The van der Waals surface area contributed by atoms with E-state index in [2.05, 4.69) is 218 Å². The highest BCUT2D eigenvalue weighted by atomic mass is 32.1. The fraction of sp³-hybridized carbons (Fsp3) is 0. The van der Waals surface area contributed by atoms with Gasteiger partial charge in [-0.3, -0.25) is 0 Å². The van der Waals surface area contributed by atoms with E-state index in [0.29, 0.717) is 0 Å². The van der Waals surface area contributed by atoms with E-state index < -0.39 is 0 Å². The number of hydrogen-bond donors (Lipinski definition) is 0. The topological polar surface area (TPSA) is 0 Å². The molecular formula is C58H36S2. The maximum atomic E-state index is 2.47. The van der Waals surface area contributed by atoms with Crippen LogP contribution < -0.4 is 0 Å². The van der Waals surface area contributed by atoms with Gasteiger partial charge in [-0.15, -0.1) is 22.7 Å². The lowest BCUT2D eigenvalue weighted by Crippen LogP contribution is -1.92. The molecule has 0 aliphatic heterocycles. The van der Waals surface area contributed by atoms with Crippen LogP contribution in [0.5, 0.6) is 0 Å². The molecule has 60 heavy (non-hydrogen) atoms. The summed E-state index contributed by atoms with van der Waals surface area (Å²) >= 11 is 3.83. The second-order valence-corrected chi connectivity index (χ2v) is 17.6. The second kappa shape index (κ2) is 14.3. The van der Waals surface area contributed by atoms with E-state index in [1.807, 2.05) is 22.7 Å². The summed E-state index contributed by atoms with van der Waals surface area (Å²) < 4.78 is 2.58. The van der Waals surface area contributed by atoms with E-state index in [4.69, 9.17) is 0 Å². The van der Waals surface area contributed by atoms with Crippen molar-refractivity contribution < 1.29 is 0 Å². The van der Waals surface area contributed by atoms with E-state index in [-0.39, 0.29) is 0 Å². The zero-order valence-electron chi connectivity index (χ0n) is 32.6. The Labute approximate surface area is 356 Å². The Balaban J connectivity index is 1.20. The van der Waals surface area contributed by atoms with Crippen molar-refractivity contribution in [2.24, 2.45) is 0 Å². The SMILES string of the molecule is c1ccc(-c2cccc(-c3c(-c4c5ccccc5c(-c5sc6ccccc6c5-c5cccc(-c6ccccc6)c5)c5cc6ccccc6cc45)sc4ccccc34)c2)cc1. The summed E-state index contributed by atoms with van der Waals surface area (Å²) in [5.74, 6) is 0. The van der Waals surface area contributed by atoms with Gasteiger partial charge in [0.05, 0.1) is 0 Å². The van der Waals surface area contributed by atoms with Crippen LogP contribution in [0.3, 0.4) is 0 Å². The van der Waals surface area contributed by atoms with Gasteiger partial charge in [0.1, 0.15) is 0 Å². The van der Waals surface area contributed by atoms with Gasteiger partial charge in [0, 0.05) is 52.2 Å². The third kappa shape index (κ3) is 5.72. The zero-order valence-corrected chi connectivity index (χ0v) is 34.2. The molecule has 0 radical (unpaired) electrons. The van der Waals surface area contributed by atoms with Crippen molar-refractivity contribution in [2.45, 2.75) is 0 Å². The Morgan fingerprint density at radius 3 is 1.02 bits per heavy atom. The van der Waals surface area contributed by atoms with Gasteiger partial charge < -0.3 is 0 Å². The quantitative estimate of drug-likeness (QED) is 0.147. The summed E-state index contributed by atoms with van der Waals surface area (Å²) in [7, 11) is 0. The Morgan fingerprint density at radius 1 is 0.217 bits per heavy atom. The zero-order chi connectivity index (χ0) is 39.6. The molecule has 0 saturated heterocycles. The first-order chi connectivity index (χ1) is 29.8. The van der Waals surface area contributed by atoms with E-state index >= 15 is 0 Å². The first kappa shape index (κ1) is 34.9. The van der Waals surface area contributed by atoms with E-state index in [9.17, 15) is 0 Å². The fourth-order valence-corrected chi connectivity index (χ4v) is 11.9. The van der Waals surface area contributed by atoms with Crippen molar-refractivity contribution in [1.82, 2.24) is 0 Å². The Hall–Kier alpha value is -7.10. The number of rotatable bonds is 6. The molecule has 2 heteroatoms. The molecule has 0 aliphatic carbocycles. The molecule has 0 spiro atoms. The van der Waals surface area contributed by atoms with Crippen molar-refractivity contribution in [3.8, 4) is 65.4 Å². The van der Waals surface area contributed by atoms with Crippen molar-refractivity contribution >= 4 is 75.2 Å².